The Morgan fingerprint density at radius 2 is 2.45 bits per heavy atom. The van der Waals surface area contributed by atoms with E-state index < -0.39 is 0 Å². The lowest BCUT2D eigenvalue weighted by Gasteiger charge is -2.06. The summed E-state index contributed by atoms with van der Waals surface area (Å²) in [6.45, 7) is 6.21. The van der Waals surface area contributed by atoms with Crippen LogP contribution in [0.15, 0.2) is 12.7 Å². The smallest absolute Gasteiger partial charge is 0.143 e. The van der Waals surface area contributed by atoms with Crippen molar-refractivity contribution in [2.75, 3.05) is 6.61 Å². The molecule has 0 saturated carbocycles. The van der Waals surface area contributed by atoms with Crippen LogP contribution >= 0.6 is 0 Å². The largest absolute Gasteiger partial charge is 0.363 e. The van der Waals surface area contributed by atoms with Crippen molar-refractivity contribution in [1.29, 1.82) is 5.26 Å². The van der Waals surface area contributed by atoms with E-state index in [1.165, 1.54) is 0 Å². The van der Waals surface area contributed by atoms with Crippen molar-refractivity contribution in [3.8, 4) is 6.07 Å². The van der Waals surface area contributed by atoms with Crippen LogP contribution in [0, 0.1) is 11.3 Å². The van der Waals surface area contributed by atoms with E-state index in [4.69, 9.17) is 10.00 Å². The van der Waals surface area contributed by atoms with E-state index in [0.717, 1.165) is 19.3 Å². The van der Waals surface area contributed by atoms with Crippen LogP contribution in [0.2, 0.25) is 0 Å². The molecule has 1 unspecified atom stereocenters. The highest BCUT2D eigenvalue weighted by atomic mass is 16.5. The zero-order chi connectivity index (χ0) is 8.53. The summed E-state index contributed by atoms with van der Waals surface area (Å²) in [5.74, 6) is 0. The Morgan fingerprint density at radius 1 is 1.73 bits per heavy atom. The van der Waals surface area contributed by atoms with Crippen LogP contribution in [-0.2, 0) is 4.74 Å². The van der Waals surface area contributed by atoms with Gasteiger partial charge in [-0.15, -0.1) is 6.58 Å². The number of hydrogen-bond acceptors (Lipinski definition) is 2. The van der Waals surface area contributed by atoms with Gasteiger partial charge in [-0.1, -0.05) is 13.0 Å². The molecule has 1 atom stereocenters. The minimum atomic E-state index is -0.222. The van der Waals surface area contributed by atoms with Gasteiger partial charge in [0.1, 0.15) is 6.10 Å². The molecule has 0 amide bonds. The fraction of sp³-hybridized carbons (Fsp3) is 0.667. The Labute approximate surface area is 68.5 Å². The molecular weight excluding hydrogens is 138 g/mol. The molecule has 0 rings (SSSR count). The topological polar surface area (TPSA) is 33.0 Å². The second kappa shape index (κ2) is 7.30. The minimum Gasteiger partial charge on any atom is -0.363 e. The van der Waals surface area contributed by atoms with Crippen molar-refractivity contribution in [3.05, 3.63) is 12.7 Å². The quantitative estimate of drug-likeness (QED) is 0.433. The molecule has 0 aliphatic carbocycles. The van der Waals surface area contributed by atoms with Gasteiger partial charge in [0.25, 0.3) is 0 Å². The highest BCUT2D eigenvalue weighted by Crippen LogP contribution is 1.98. The molecule has 0 aromatic heterocycles. The summed E-state index contributed by atoms with van der Waals surface area (Å²) in [5.41, 5.74) is 0. The number of nitrogens with zero attached hydrogens (tertiary/aromatic N) is 1. The molecule has 0 radical (unpaired) electrons. The molecule has 0 fully saturated rings. The van der Waals surface area contributed by atoms with Crippen molar-refractivity contribution in [3.63, 3.8) is 0 Å². The summed E-state index contributed by atoms with van der Waals surface area (Å²) >= 11 is 0. The molecule has 0 N–H and O–H groups in total. The van der Waals surface area contributed by atoms with Crippen molar-refractivity contribution >= 4 is 0 Å². The summed E-state index contributed by atoms with van der Waals surface area (Å²) in [4.78, 5) is 0. The van der Waals surface area contributed by atoms with Crippen LogP contribution in [0.3, 0.4) is 0 Å². The van der Waals surface area contributed by atoms with Gasteiger partial charge in [-0.2, -0.15) is 5.26 Å². The van der Waals surface area contributed by atoms with E-state index >= 15 is 0 Å². The van der Waals surface area contributed by atoms with Gasteiger partial charge in [-0.3, -0.25) is 0 Å². The average Bonchev–Trinajstić information content (AvgIpc) is 2.05. The number of nitriles is 1. The fourth-order valence-electron chi connectivity index (χ4n) is 0.700. The molecule has 0 aromatic rings. The molecule has 62 valence electrons. The molecular formula is C9H15NO. The number of allylic oxidation sites excluding steroid dienone is 1. The third-order valence-corrected chi connectivity index (χ3v) is 1.39. The van der Waals surface area contributed by atoms with Crippen LogP contribution in [0.25, 0.3) is 0 Å². The Balaban J connectivity index is 3.23. The maximum atomic E-state index is 8.49. The highest BCUT2D eigenvalue weighted by Gasteiger charge is 2.01. The normalized spacial score (nSPS) is 12.0. The van der Waals surface area contributed by atoms with E-state index in [1.807, 2.05) is 13.0 Å². The summed E-state index contributed by atoms with van der Waals surface area (Å²) in [7, 11) is 0. The standard InChI is InChI=1S/C9H15NO/c1-3-5-6-7-11-9(4-2)8-10/h3,9H,1,4-7H2,2H3. The van der Waals surface area contributed by atoms with Crippen molar-refractivity contribution in [2.45, 2.75) is 32.3 Å². The summed E-state index contributed by atoms with van der Waals surface area (Å²) in [6.07, 6.45) is 4.32. The summed E-state index contributed by atoms with van der Waals surface area (Å²) < 4.78 is 5.23. The second-order valence-corrected chi connectivity index (χ2v) is 2.33. The van der Waals surface area contributed by atoms with Crippen molar-refractivity contribution < 1.29 is 4.74 Å². The minimum absolute atomic E-state index is 0.222. The highest BCUT2D eigenvalue weighted by molar-refractivity contribution is 4.82. The average molecular weight is 153 g/mol. The molecule has 2 nitrogen and oxygen atoms in total. The first-order chi connectivity index (χ1) is 5.35. The van der Waals surface area contributed by atoms with E-state index in [9.17, 15) is 0 Å². The van der Waals surface area contributed by atoms with Crippen LogP contribution in [0.5, 0.6) is 0 Å². The molecule has 11 heavy (non-hydrogen) atoms. The number of ether oxygens (including phenoxy) is 1. The van der Waals surface area contributed by atoms with E-state index in [1.54, 1.807) is 0 Å². The van der Waals surface area contributed by atoms with E-state index in [-0.39, 0.29) is 6.10 Å². The predicted molar refractivity (Wildman–Crippen MR) is 45.1 cm³/mol. The van der Waals surface area contributed by atoms with Gasteiger partial charge >= 0.3 is 0 Å². The van der Waals surface area contributed by atoms with E-state index in [0.29, 0.717) is 6.61 Å². The third kappa shape index (κ3) is 5.63. The second-order valence-electron chi connectivity index (χ2n) is 2.33. The van der Waals surface area contributed by atoms with E-state index in [2.05, 4.69) is 12.6 Å². The van der Waals surface area contributed by atoms with Crippen LogP contribution < -0.4 is 0 Å². The zero-order valence-electron chi connectivity index (χ0n) is 7.05. The Bertz CT molecular complexity index is 137. The Hall–Kier alpha value is -0.810. The van der Waals surface area contributed by atoms with Gasteiger partial charge in [0.05, 0.1) is 6.07 Å². The van der Waals surface area contributed by atoms with Crippen LogP contribution in [0.1, 0.15) is 26.2 Å². The number of hydrogen-bond donors (Lipinski definition) is 0. The summed E-state index contributed by atoms with van der Waals surface area (Å²) in [6, 6.07) is 2.08. The maximum Gasteiger partial charge on any atom is 0.143 e. The Morgan fingerprint density at radius 3 is 2.91 bits per heavy atom. The van der Waals surface area contributed by atoms with Gasteiger partial charge in [0.15, 0.2) is 0 Å². The number of rotatable bonds is 6. The van der Waals surface area contributed by atoms with Crippen LogP contribution in [-0.4, -0.2) is 12.7 Å². The lowest BCUT2D eigenvalue weighted by Crippen LogP contribution is -2.09. The van der Waals surface area contributed by atoms with Gasteiger partial charge < -0.3 is 4.74 Å². The molecule has 0 saturated heterocycles. The fourth-order valence-corrected chi connectivity index (χ4v) is 0.700. The first-order valence-electron chi connectivity index (χ1n) is 3.97. The third-order valence-electron chi connectivity index (χ3n) is 1.39. The molecule has 0 spiro atoms. The lowest BCUT2D eigenvalue weighted by atomic mass is 10.3. The molecule has 0 bridgehead atoms. The lowest BCUT2D eigenvalue weighted by molar-refractivity contribution is 0.0862. The first-order valence-corrected chi connectivity index (χ1v) is 3.97. The molecule has 0 heterocycles. The molecule has 0 aliphatic heterocycles. The zero-order valence-corrected chi connectivity index (χ0v) is 7.05. The number of unbranched alkanes of at least 4 members (excludes halogenated alkanes) is 1. The van der Waals surface area contributed by atoms with Gasteiger partial charge in [-0.05, 0) is 19.3 Å². The van der Waals surface area contributed by atoms with Gasteiger partial charge in [-0.25, -0.2) is 0 Å². The maximum absolute atomic E-state index is 8.49. The van der Waals surface area contributed by atoms with Crippen LogP contribution in [0.4, 0.5) is 0 Å². The molecule has 2 heteroatoms. The molecule has 0 aliphatic rings. The summed E-state index contributed by atoms with van der Waals surface area (Å²) in [5, 5.41) is 8.49. The first kappa shape index (κ1) is 10.2. The predicted octanol–water partition coefficient (Wildman–Crippen LogP) is 2.27. The monoisotopic (exact) mass is 153 g/mol. The van der Waals surface area contributed by atoms with Crippen molar-refractivity contribution in [2.24, 2.45) is 0 Å². The van der Waals surface area contributed by atoms with Gasteiger partial charge in [0.2, 0.25) is 0 Å². The SMILES string of the molecule is C=CCCCOC(C#N)CC. The van der Waals surface area contributed by atoms with Crippen molar-refractivity contribution in [1.82, 2.24) is 0 Å². The molecule has 0 aromatic carbocycles. The Kier molecular flexibility index (Phi) is 6.76. The van der Waals surface area contributed by atoms with Gasteiger partial charge in [0, 0.05) is 6.61 Å².